The highest BCUT2D eigenvalue weighted by Crippen LogP contribution is 2.27. The number of aryl methyl sites for hydroxylation is 1. The van der Waals surface area contributed by atoms with E-state index in [4.69, 9.17) is 14.2 Å². The van der Waals surface area contributed by atoms with Crippen molar-refractivity contribution in [2.75, 3.05) is 68.2 Å². The lowest BCUT2D eigenvalue weighted by Crippen LogP contribution is -2.46. The van der Waals surface area contributed by atoms with Crippen LogP contribution in [0.3, 0.4) is 0 Å². The topological polar surface area (TPSA) is 109 Å². The van der Waals surface area contributed by atoms with Gasteiger partial charge in [0.25, 0.3) is 0 Å². The zero-order chi connectivity index (χ0) is 27.9. The number of piperazine rings is 1. The van der Waals surface area contributed by atoms with Gasteiger partial charge in [-0.25, -0.2) is 4.79 Å². The van der Waals surface area contributed by atoms with Crippen LogP contribution in [-0.4, -0.2) is 81.6 Å². The minimum absolute atomic E-state index is 0.0548. The van der Waals surface area contributed by atoms with E-state index in [1.54, 1.807) is 12.0 Å². The second kappa shape index (κ2) is 12.5. The summed E-state index contributed by atoms with van der Waals surface area (Å²) in [5, 5.41) is 2.89. The number of nitrogens with one attached hydrogen (secondary N) is 1. The van der Waals surface area contributed by atoms with Gasteiger partial charge in [0.2, 0.25) is 11.8 Å². The van der Waals surface area contributed by atoms with E-state index in [0.717, 1.165) is 48.9 Å². The average Bonchev–Trinajstić information content (AvgIpc) is 3.39. The van der Waals surface area contributed by atoms with E-state index in [1.807, 2.05) is 60.7 Å². The van der Waals surface area contributed by atoms with Crippen LogP contribution in [0.5, 0.6) is 11.9 Å². The van der Waals surface area contributed by atoms with Crippen molar-refractivity contribution in [3.8, 4) is 11.9 Å². The predicted octanol–water partition coefficient (Wildman–Crippen LogP) is 2.89. The van der Waals surface area contributed by atoms with Crippen LogP contribution in [0.15, 0.2) is 60.7 Å². The van der Waals surface area contributed by atoms with Crippen LogP contribution in [0.4, 0.5) is 22.0 Å². The molecule has 11 heteroatoms. The summed E-state index contributed by atoms with van der Waals surface area (Å²) in [5.74, 6) is 1.18. The van der Waals surface area contributed by atoms with E-state index in [9.17, 15) is 9.59 Å². The van der Waals surface area contributed by atoms with Crippen LogP contribution in [0.2, 0.25) is 0 Å². The highest BCUT2D eigenvalue weighted by atomic mass is 16.6. The Morgan fingerprint density at radius 1 is 0.950 bits per heavy atom. The Kier molecular flexibility index (Phi) is 8.48. The number of carbonyl (C=O) groups excluding carboxylic acids is 2. The van der Waals surface area contributed by atoms with Gasteiger partial charge in [-0.2, -0.15) is 9.97 Å². The molecule has 210 valence electrons. The van der Waals surface area contributed by atoms with Crippen LogP contribution < -0.4 is 29.5 Å². The third-order valence-corrected chi connectivity index (χ3v) is 7.08. The monoisotopic (exact) mass is 546 g/mol. The predicted molar refractivity (Wildman–Crippen MR) is 151 cm³/mol. The Morgan fingerprint density at radius 2 is 1.65 bits per heavy atom. The molecule has 2 amide bonds. The molecular weight excluding hydrogens is 512 g/mol. The molecule has 2 fully saturated rings. The lowest BCUT2D eigenvalue weighted by molar-refractivity contribution is -0.121. The van der Waals surface area contributed by atoms with Crippen LogP contribution >= 0.6 is 0 Å². The largest absolute Gasteiger partial charge is 0.481 e. The van der Waals surface area contributed by atoms with Crippen LogP contribution in [0, 0.1) is 0 Å². The molecule has 0 spiro atoms. The molecule has 2 saturated heterocycles. The molecular formula is C29H34N6O5. The van der Waals surface area contributed by atoms with Crippen LogP contribution in [0.25, 0.3) is 0 Å². The van der Waals surface area contributed by atoms with Gasteiger partial charge in [0.05, 0.1) is 27.3 Å². The van der Waals surface area contributed by atoms with Crippen LogP contribution in [-0.2, 0) is 16.0 Å². The minimum atomic E-state index is -0.402. The normalized spacial score (nSPS) is 17.0. The molecule has 0 radical (unpaired) electrons. The number of amides is 2. The van der Waals surface area contributed by atoms with Crippen molar-refractivity contribution < 1.29 is 23.8 Å². The Balaban J connectivity index is 1.10. The Morgan fingerprint density at radius 3 is 2.35 bits per heavy atom. The average molecular weight is 547 g/mol. The number of hydrogen-bond acceptors (Lipinski definition) is 9. The van der Waals surface area contributed by atoms with Gasteiger partial charge in [0.1, 0.15) is 11.9 Å². The lowest BCUT2D eigenvalue weighted by atomic mass is 10.1. The SMILES string of the molecule is COc1cc(N2CCN(c3ccc(N4C[C@H](CNC(=O)CCc5ccccc5)OC4=O)cc3)CC2)nc(OC)n1. The highest BCUT2D eigenvalue weighted by molar-refractivity contribution is 5.90. The molecule has 0 unspecified atom stereocenters. The molecule has 0 bridgehead atoms. The summed E-state index contributed by atoms with van der Waals surface area (Å²) >= 11 is 0. The third-order valence-electron chi connectivity index (χ3n) is 7.08. The van der Waals surface area contributed by atoms with E-state index in [2.05, 4.69) is 25.1 Å². The summed E-state index contributed by atoms with van der Waals surface area (Å²) in [7, 11) is 3.11. The van der Waals surface area contributed by atoms with Gasteiger partial charge in [-0.1, -0.05) is 30.3 Å². The van der Waals surface area contributed by atoms with Crippen molar-refractivity contribution in [1.82, 2.24) is 15.3 Å². The molecule has 3 aromatic rings. The number of benzene rings is 2. The standard InChI is InChI=1S/C29H34N6O5/c1-38-27-18-25(31-28(32-27)39-2)34-16-14-33(15-17-34)22-9-11-23(12-10-22)35-20-24(40-29(35)37)19-30-26(36)13-8-21-6-4-3-5-7-21/h3-7,9-12,18,24H,8,13-17,19-20H2,1-2H3,(H,30,36)/t24-/m0/s1. The van der Waals surface area contributed by atoms with Gasteiger partial charge in [-0.05, 0) is 36.2 Å². The summed E-state index contributed by atoms with van der Waals surface area (Å²) in [5.41, 5.74) is 2.97. The smallest absolute Gasteiger partial charge is 0.414 e. The third kappa shape index (κ3) is 6.53. The Bertz CT molecular complexity index is 1280. The van der Waals surface area contributed by atoms with Gasteiger partial charge in [-0.15, -0.1) is 0 Å². The lowest BCUT2D eigenvalue weighted by Gasteiger charge is -2.36. The molecule has 0 saturated carbocycles. The molecule has 5 rings (SSSR count). The molecule has 11 nitrogen and oxygen atoms in total. The summed E-state index contributed by atoms with van der Waals surface area (Å²) in [6.07, 6.45) is 0.279. The summed E-state index contributed by atoms with van der Waals surface area (Å²) in [6, 6.07) is 19.9. The molecule has 1 N–H and O–H groups in total. The molecule has 40 heavy (non-hydrogen) atoms. The maximum Gasteiger partial charge on any atom is 0.414 e. The quantitative estimate of drug-likeness (QED) is 0.411. The second-order valence-electron chi connectivity index (χ2n) is 9.65. The van der Waals surface area contributed by atoms with Gasteiger partial charge in [0.15, 0.2) is 0 Å². The molecule has 0 aliphatic carbocycles. The fraction of sp³-hybridized carbons (Fsp3) is 0.379. The number of carbonyl (C=O) groups is 2. The van der Waals surface area contributed by atoms with Crippen LogP contribution in [0.1, 0.15) is 12.0 Å². The molecule has 3 heterocycles. The van der Waals surface area contributed by atoms with E-state index in [-0.39, 0.29) is 18.0 Å². The van der Waals surface area contributed by atoms with E-state index in [0.29, 0.717) is 31.8 Å². The number of aromatic nitrogens is 2. The number of hydrogen-bond donors (Lipinski definition) is 1. The van der Waals surface area contributed by atoms with Gasteiger partial charge < -0.3 is 29.3 Å². The maximum atomic E-state index is 12.5. The molecule has 2 aliphatic rings. The molecule has 1 aromatic heterocycles. The van der Waals surface area contributed by atoms with Crippen molar-refractivity contribution in [3.05, 3.63) is 66.2 Å². The fourth-order valence-electron chi connectivity index (χ4n) is 4.84. The van der Waals surface area contributed by atoms with Crippen molar-refractivity contribution in [2.24, 2.45) is 0 Å². The highest BCUT2D eigenvalue weighted by Gasteiger charge is 2.32. The number of nitrogens with zero attached hydrogens (tertiary/aromatic N) is 5. The van der Waals surface area contributed by atoms with Gasteiger partial charge in [0, 0.05) is 50.0 Å². The summed E-state index contributed by atoms with van der Waals surface area (Å²) in [4.78, 5) is 39.5. The first-order valence-corrected chi connectivity index (χ1v) is 13.4. The van der Waals surface area contributed by atoms with E-state index in [1.165, 1.54) is 7.11 Å². The zero-order valence-corrected chi connectivity index (χ0v) is 22.8. The van der Waals surface area contributed by atoms with Gasteiger partial charge in [-0.3, -0.25) is 9.69 Å². The number of ether oxygens (including phenoxy) is 3. The van der Waals surface area contributed by atoms with Crippen molar-refractivity contribution >= 4 is 29.2 Å². The molecule has 2 aromatic carbocycles. The number of anilines is 3. The van der Waals surface area contributed by atoms with Crippen molar-refractivity contribution in [3.63, 3.8) is 0 Å². The molecule has 1 atom stereocenters. The van der Waals surface area contributed by atoms with Crippen molar-refractivity contribution in [1.29, 1.82) is 0 Å². The second-order valence-corrected chi connectivity index (χ2v) is 9.65. The maximum absolute atomic E-state index is 12.5. The molecule has 2 aliphatic heterocycles. The Hall–Kier alpha value is -4.54. The Labute approximate surface area is 233 Å². The first kappa shape index (κ1) is 27.0. The number of rotatable bonds is 10. The van der Waals surface area contributed by atoms with Gasteiger partial charge >= 0.3 is 12.1 Å². The summed E-state index contributed by atoms with van der Waals surface area (Å²) in [6.45, 7) is 3.87. The minimum Gasteiger partial charge on any atom is -0.481 e. The zero-order valence-electron chi connectivity index (χ0n) is 22.8. The number of methoxy groups -OCH3 is 2. The van der Waals surface area contributed by atoms with E-state index < -0.39 is 6.09 Å². The summed E-state index contributed by atoms with van der Waals surface area (Å²) < 4.78 is 16.0. The number of cyclic esters (lactones) is 1. The van der Waals surface area contributed by atoms with E-state index >= 15 is 0 Å². The first-order chi connectivity index (χ1) is 19.5. The van der Waals surface area contributed by atoms with Crippen molar-refractivity contribution in [2.45, 2.75) is 18.9 Å². The fourth-order valence-corrected chi connectivity index (χ4v) is 4.84. The first-order valence-electron chi connectivity index (χ1n) is 13.4.